The van der Waals surface area contributed by atoms with Crippen LogP contribution in [-0.4, -0.2) is 83.8 Å². The smallest absolute Gasteiger partial charge is 0.243 e. The van der Waals surface area contributed by atoms with Crippen LogP contribution >= 0.6 is 11.3 Å². The summed E-state index contributed by atoms with van der Waals surface area (Å²) in [5.41, 5.74) is 31.6. The molecule has 5 aromatic rings. The predicted molar refractivity (Wildman–Crippen MR) is 235 cm³/mol. The average Bonchev–Trinajstić information content (AvgIpc) is 3.85. The first-order valence-electron chi connectivity index (χ1n) is 20.0. The number of carbonyl (C=O) groups is 5. The molecule has 0 fully saturated rings. The van der Waals surface area contributed by atoms with Crippen LogP contribution in [0.2, 0.25) is 0 Å². The summed E-state index contributed by atoms with van der Waals surface area (Å²) in [6.45, 7) is 0.692. The summed E-state index contributed by atoms with van der Waals surface area (Å²) in [4.78, 5) is 76.1. The second-order valence-electron chi connectivity index (χ2n) is 14.7. The van der Waals surface area contributed by atoms with Crippen LogP contribution in [0, 0.1) is 0 Å². The van der Waals surface area contributed by atoms with Crippen molar-refractivity contribution < 1.29 is 24.0 Å². The number of hydrogen-bond donors (Lipinski definition) is 10. The van der Waals surface area contributed by atoms with Gasteiger partial charge in [-0.2, -0.15) is 0 Å². The lowest BCUT2D eigenvalue weighted by molar-refractivity contribution is -0.134. The number of thiophene rings is 1. The van der Waals surface area contributed by atoms with E-state index in [1.165, 1.54) is 11.3 Å². The number of H-pyrrole nitrogens is 1. The monoisotopic (exact) mass is 837 g/mol. The number of fused-ring (bicyclic) bond motifs is 2. The van der Waals surface area contributed by atoms with E-state index in [0.717, 1.165) is 37.7 Å². The Bertz CT molecular complexity index is 2260. The maximum atomic E-state index is 14.6. The van der Waals surface area contributed by atoms with Crippen molar-refractivity contribution >= 4 is 67.8 Å². The van der Waals surface area contributed by atoms with E-state index >= 15 is 0 Å². The second-order valence-corrected chi connectivity index (χ2v) is 15.6. The highest BCUT2D eigenvalue weighted by molar-refractivity contribution is 7.17. The number of benzene rings is 3. The molecule has 2 heterocycles. The lowest BCUT2D eigenvalue weighted by Crippen LogP contribution is -2.59. The summed E-state index contributed by atoms with van der Waals surface area (Å²) >= 11 is 1.51. The highest BCUT2D eigenvalue weighted by atomic mass is 32.1. The van der Waals surface area contributed by atoms with Crippen LogP contribution in [0.3, 0.4) is 0 Å². The molecule has 15 N–H and O–H groups in total. The first kappa shape index (κ1) is 44.8. The highest BCUT2D eigenvalue weighted by Crippen LogP contribution is 2.27. The van der Waals surface area contributed by atoms with E-state index in [1.54, 1.807) is 6.20 Å². The van der Waals surface area contributed by atoms with Crippen molar-refractivity contribution in [3.8, 4) is 0 Å². The van der Waals surface area contributed by atoms with Crippen LogP contribution in [0.1, 0.15) is 48.8 Å². The molecule has 0 aliphatic rings. The Kier molecular flexibility index (Phi) is 16.6. The second kappa shape index (κ2) is 22.2. The lowest BCUT2D eigenvalue weighted by Gasteiger charge is -2.27. The summed E-state index contributed by atoms with van der Waals surface area (Å²) in [7, 11) is 0. The summed E-state index contributed by atoms with van der Waals surface area (Å²) < 4.78 is 1.01. The molecule has 0 spiro atoms. The number of primary amides is 1. The molecular formula is C43H55N11O5S. The number of nitrogens with one attached hydrogen (secondary N) is 5. The Balaban J connectivity index is 1.44. The fourth-order valence-electron chi connectivity index (χ4n) is 6.93. The van der Waals surface area contributed by atoms with Crippen molar-refractivity contribution in [1.82, 2.24) is 26.3 Å². The van der Waals surface area contributed by atoms with Crippen LogP contribution in [-0.2, 0) is 43.2 Å². The molecule has 17 heteroatoms. The summed E-state index contributed by atoms with van der Waals surface area (Å²) in [5.74, 6) is -3.26. The van der Waals surface area contributed by atoms with Gasteiger partial charge in [0.05, 0.1) is 6.04 Å². The number of unbranched alkanes of at least 4 members (excludes halogenated alkanes) is 1. The number of rotatable bonds is 23. The molecule has 2 aromatic heterocycles. The van der Waals surface area contributed by atoms with E-state index in [-0.39, 0.29) is 44.6 Å². The molecule has 318 valence electrons. The standard InChI is InChI=1S/C43H55N11O5S/c44-19-9-8-17-33(38(46)55)51-40(57)34(21-26-11-2-1-3-12-26)53-41(58)35(22-27-24-50-32-16-6-4-13-29(27)32)54-42(59)36(23-28-25-60-37-18-7-5-14-30(28)37)52-39(56)31(45)15-10-20-49-43(47)48/h1-7,11-14,16,18,24-25,31,33-36,50H,8-10,15,17,19-23,44-45H2,(H2,46,55)(H,51,57)(H,52,56)(H,53,58)(H,54,59)(H4,47,48,49)/t31-,33-,34+,35-,36-/m1/s1. The number of aliphatic imine (C=N–C) groups is 1. The molecule has 0 saturated carbocycles. The molecule has 0 bridgehead atoms. The minimum absolute atomic E-state index is 0.0244. The molecule has 5 atom stereocenters. The van der Waals surface area contributed by atoms with Gasteiger partial charge in [0.1, 0.15) is 24.2 Å². The Morgan fingerprint density at radius 1 is 0.633 bits per heavy atom. The van der Waals surface area contributed by atoms with Gasteiger partial charge in [-0.15, -0.1) is 11.3 Å². The van der Waals surface area contributed by atoms with Crippen molar-refractivity contribution in [2.45, 2.75) is 81.6 Å². The molecular weight excluding hydrogens is 783 g/mol. The minimum Gasteiger partial charge on any atom is -0.370 e. The van der Waals surface area contributed by atoms with Gasteiger partial charge in [0.2, 0.25) is 29.5 Å². The van der Waals surface area contributed by atoms with Gasteiger partial charge in [0.15, 0.2) is 5.96 Å². The van der Waals surface area contributed by atoms with Gasteiger partial charge in [-0.1, -0.05) is 66.7 Å². The lowest BCUT2D eigenvalue weighted by atomic mass is 10.00. The number of carbonyl (C=O) groups excluding carboxylic acids is 5. The zero-order chi connectivity index (χ0) is 43.0. The van der Waals surface area contributed by atoms with Crippen LogP contribution in [0.25, 0.3) is 21.0 Å². The van der Waals surface area contributed by atoms with E-state index in [1.807, 2.05) is 84.2 Å². The predicted octanol–water partition coefficient (Wildman–Crippen LogP) is 1.34. The number of nitrogens with two attached hydrogens (primary N) is 5. The van der Waals surface area contributed by atoms with Crippen LogP contribution in [0.15, 0.2) is 95.4 Å². The normalized spacial score (nSPS) is 13.7. The Hall–Kier alpha value is -6.30. The van der Waals surface area contributed by atoms with E-state index in [9.17, 15) is 24.0 Å². The maximum Gasteiger partial charge on any atom is 0.243 e. The fraction of sp³-hybridized carbons (Fsp3) is 0.349. The van der Waals surface area contributed by atoms with Crippen LogP contribution in [0.5, 0.6) is 0 Å². The maximum absolute atomic E-state index is 14.6. The number of hydrogen-bond acceptors (Lipinski definition) is 9. The molecule has 0 saturated heterocycles. The van der Waals surface area contributed by atoms with E-state index in [0.29, 0.717) is 25.8 Å². The molecule has 60 heavy (non-hydrogen) atoms. The van der Waals surface area contributed by atoms with Crippen LogP contribution in [0.4, 0.5) is 0 Å². The topological polar surface area (TPSA) is 292 Å². The summed E-state index contributed by atoms with van der Waals surface area (Å²) in [6.07, 6.45) is 4.10. The highest BCUT2D eigenvalue weighted by Gasteiger charge is 2.33. The van der Waals surface area contributed by atoms with Crippen LogP contribution < -0.4 is 49.9 Å². The largest absolute Gasteiger partial charge is 0.370 e. The molecule has 0 unspecified atom stereocenters. The minimum atomic E-state index is -1.23. The number of aromatic amines is 1. The van der Waals surface area contributed by atoms with E-state index in [4.69, 9.17) is 28.7 Å². The molecule has 5 rings (SSSR count). The number of nitrogens with zero attached hydrogens (tertiary/aromatic N) is 1. The van der Waals surface area contributed by atoms with Crippen molar-refractivity contribution in [1.29, 1.82) is 0 Å². The summed E-state index contributed by atoms with van der Waals surface area (Å²) in [6, 6.07) is 18.9. The molecule has 0 radical (unpaired) electrons. The zero-order valence-corrected chi connectivity index (χ0v) is 34.2. The SMILES string of the molecule is NCCCC[C@@H](NC(=O)[C@H](Cc1ccccc1)NC(=O)[C@@H](Cc1c[nH]c2ccccc12)NC(=O)[C@@H](Cc1csc2ccccc12)NC(=O)[C@H](N)CCCN=C(N)N)C(N)=O. The number of aromatic nitrogens is 1. The Morgan fingerprint density at radius 3 is 1.88 bits per heavy atom. The van der Waals surface area contributed by atoms with Crippen molar-refractivity contribution in [2.75, 3.05) is 13.1 Å². The molecule has 3 aromatic carbocycles. The first-order valence-corrected chi connectivity index (χ1v) is 20.9. The first-order chi connectivity index (χ1) is 28.9. The zero-order valence-electron chi connectivity index (χ0n) is 33.4. The number of guanidine groups is 1. The van der Waals surface area contributed by atoms with Crippen molar-refractivity contribution in [3.05, 3.63) is 107 Å². The summed E-state index contributed by atoms with van der Waals surface area (Å²) in [5, 5.41) is 15.0. The average molecular weight is 838 g/mol. The van der Waals surface area contributed by atoms with Gasteiger partial charge < -0.3 is 54.9 Å². The third kappa shape index (κ3) is 12.8. The van der Waals surface area contributed by atoms with E-state index < -0.39 is 59.7 Å². The third-order valence-corrected chi connectivity index (χ3v) is 11.2. The Morgan fingerprint density at radius 2 is 1.22 bits per heavy atom. The number of amides is 5. The third-order valence-electron chi connectivity index (χ3n) is 10.2. The van der Waals surface area contributed by atoms with Crippen molar-refractivity contribution in [3.63, 3.8) is 0 Å². The van der Waals surface area contributed by atoms with Gasteiger partial charge >= 0.3 is 0 Å². The van der Waals surface area contributed by atoms with Gasteiger partial charge in [0, 0.05) is 47.6 Å². The van der Waals surface area contributed by atoms with Crippen molar-refractivity contribution in [2.24, 2.45) is 33.7 Å². The molecule has 5 amide bonds. The fourth-order valence-corrected chi connectivity index (χ4v) is 7.91. The molecule has 0 aliphatic carbocycles. The van der Waals surface area contributed by atoms with E-state index in [2.05, 4.69) is 31.2 Å². The number of para-hydroxylation sites is 1. The molecule has 16 nitrogen and oxygen atoms in total. The Labute approximate surface area is 352 Å². The van der Waals surface area contributed by atoms with Gasteiger partial charge in [-0.05, 0) is 78.2 Å². The quantitative estimate of drug-likeness (QED) is 0.0258. The molecule has 0 aliphatic heterocycles. The van der Waals surface area contributed by atoms with Gasteiger partial charge in [0.25, 0.3) is 0 Å². The van der Waals surface area contributed by atoms with Gasteiger partial charge in [-0.25, -0.2) is 0 Å². The van der Waals surface area contributed by atoms with Gasteiger partial charge in [-0.3, -0.25) is 29.0 Å².